The maximum Gasteiger partial charge on any atom is 0.421 e. The van der Waals surface area contributed by atoms with Crippen LogP contribution < -0.4 is 30.2 Å². The topological polar surface area (TPSA) is 129 Å². The first kappa shape index (κ1) is 37.8. The molecule has 2 atom stereocenters. The third-order valence-electron chi connectivity index (χ3n) is 10.1. The molecule has 0 unspecified atom stereocenters. The molecule has 5 heterocycles. The van der Waals surface area contributed by atoms with Crippen LogP contribution in [0.25, 0.3) is 22.5 Å². The van der Waals surface area contributed by atoms with Gasteiger partial charge in [0.1, 0.15) is 11.7 Å². The van der Waals surface area contributed by atoms with Gasteiger partial charge in [-0.25, -0.2) is 4.98 Å². The lowest BCUT2D eigenvalue weighted by atomic mass is 9.98. The van der Waals surface area contributed by atoms with Crippen LogP contribution in [0, 0.1) is 0 Å². The summed E-state index contributed by atoms with van der Waals surface area (Å²) in [5.74, 6) is -0.0768. The van der Waals surface area contributed by atoms with Gasteiger partial charge < -0.3 is 34.9 Å². The number of methoxy groups -OCH3 is 2. The minimum atomic E-state index is -4.74. The maximum atomic E-state index is 14.5. The van der Waals surface area contributed by atoms with Crippen molar-refractivity contribution in [3.05, 3.63) is 81.5 Å². The van der Waals surface area contributed by atoms with Crippen LogP contribution in [0.1, 0.15) is 66.0 Å². The van der Waals surface area contributed by atoms with Gasteiger partial charge in [-0.3, -0.25) is 9.78 Å². The van der Waals surface area contributed by atoms with Crippen molar-refractivity contribution < 1.29 is 36.9 Å². The Morgan fingerprint density at radius 1 is 0.926 bits per heavy atom. The third-order valence-corrected chi connectivity index (χ3v) is 10.5. The summed E-state index contributed by atoms with van der Waals surface area (Å²) in [7, 11) is 2.94. The van der Waals surface area contributed by atoms with E-state index in [2.05, 4.69) is 25.9 Å². The number of alkyl halides is 3. The van der Waals surface area contributed by atoms with Gasteiger partial charge in [0.05, 0.1) is 30.6 Å². The zero-order chi connectivity index (χ0) is 37.8. The number of hydrogen-bond acceptors (Lipinski definition) is 10. The number of fused-ring (bicyclic) bond motifs is 1. The fourth-order valence-electron chi connectivity index (χ4n) is 7.34. The summed E-state index contributed by atoms with van der Waals surface area (Å²) < 4.78 is 66.0. The number of amides is 1. The maximum absolute atomic E-state index is 14.5. The van der Waals surface area contributed by atoms with E-state index < -0.39 is 23.7 Å². The number of carbonyl (C=O) groups is 1. The van der Waals surface area contributed by atoms with Gasteiger partial charge in [0.25, 0.3) is 0 Å². The van der Waals surface area contributed by atoms with Crippen molar-refractivity contribution >= 4 is 17.5 Å². The molecule has 1 aliphatic carbocycles. The van der Waals surface area contributed by atoms with Crippen molar-refractivity contribution in [2.75, 3.05) is 34.0 Å². The zero-order valence-corrected chi connectivity index (χ0v) is 30.8. The molecule has 3 N–H and O–H groups in total. The Balaban J connectivity index is 1.12. The Kier molecular flexibility index (Phi) is 11.5. The number of rotatable bonds is 13. The van der Waals surface area contributed by atoms with Crippen LogP contribution in [-0.4, -0.2) is 66.9 Å². The Hall–Kier alpha value is -4.50. The van der Waals surface area contributed by atoms with Crippen LogP contribution in [0.15, 0.2) is 48.7 Å². The summed E-state index contributed by atoms with van der Waals surface area (Å²) >= 11 is 7.07. The molecule has 0 bridgehead atoms. The summed E-state index contributed by atoms with van der Waals surface area (Å²) in [4.78, 5) is 25.2. The van der Waals surface area contributed by atoms with Crippen molar-refractivity contribution in [1.29, 1.82) is 0 Å². The summed E-state index contributed by atoms with van der Waals surface area (Å²) in [6.45, 7) is 2.57. The summed E-state index contributed by atoms with van der Waals surface area (Å²) in [5, 5.41) is 9.91. The second-order valence-electron chi connectivity index (χ2n) is 13.6. The van der Waals surface area contributed by atoms with Crippen molar-refractivity contribution in [1.82, 2.24) is 30.9 Å². The minimum Gasteiger partial charge on any atom is -0.481 e. The monoisotopic (exact) mass is 766 g/mol. The predicted molar refractivity (Wildman–Crippen MR) is 195 cm³/mol. The van der Waals surface area contributed by atoms with E-state index in [9.17, 15) is 18.0 Å². The van der Waals surface area contributed by atoms with Crippen LogP contribution in [0.2, 0.25) is 5.02 Å². The molecule has 3 aromatic heterocycles. The number of nitrogens with zero attached hydrogens (tertiary/aromatic N) is 3. The SMILES string of the molecule is COc1nc(-c2ccnc(-c3cccc4c3CC[C@@H]4Oc3nc(OC)c(CNC[C@@H]4CCC(=O)N4)cc3C(F)(F)F)c2Cl)ccc1CNC1CCOCC1. The Labute approximate surface area is 316 Å². The number of carbonyl (C=O) groups excluding carboxylic acids is 1. The number of benzene rings is 1. The van der Waals surface area contributed by atoms with E-state index in [4.69, 9.17) is 35.5 Å². The predicted octanol–water partition coefficient (Wildman–Crippen LogP) is 6.60. The molecule has 11 nitrogen and oxygen atoms in total. The molecule has 1 aromatic carbocycles. The highest BCUT2D eigenvalue weighted by Gasteiger charge is 2.39. The van der Waals surface area contributed by atoms with Gasteiger partial charge in [-0.15, -0.1) is 0 Å². The van der Waals surface area contributed by atoms with Crippen molar-refractivity contribution in [2.45, 2.75) is 76.0 Å². The van der Waals surface area contributed by atoms with E-state index in [0.29, 0.717) is 72.7 Å². The third kappa shape index (κ3) is 8.26. The van der Waals surface area contributed by atoms with E-state index in [1.165, 1.54) is 7.11 Å². The molecule has 0 spiro atoms. The molecule has 2 aliphatic heterocycles. The molecule has 7 rings (SSSR count). The molecular weight excluding hydrogens is 725 g/mol. The molecule has 4 aromatic rings. The molecular formula is C39H42ClF3N6O5. The highest BCUT2D eigenvalue weighted by atomic mass is 35.5. The Morgan fingerprint density at radius 3 is 2.46 bits per heavy atom. The molecule has 15 heteroatoms. The van der Waals surface area contributed by atoms with Gasteiger partial charge in [0, 0.05) is 79.8 Å². The first-order valence-electron chi connectivity index (χ1n) is 18.1. The average molecular weight is 767 g/mol. The van der Waals surface area contributed by atoms with Gasteiger partial charge in [-0.1, -0.05) is 35.9 Å². The van der Waals surface area contributed by atoms with E-state index in [-0.39, 0.29) is 29.9 Å². The first-order chi connectivity index (χ1) is 26.1. The lowest BCUT2D eigenvalue weighted by molar-refractivity contribution is -0.139. The summed E-state index contributed by atoms with van der Waals surface area (Å²) in [6, 6.07) is 12.6. The fourth-order valence-corrected chi connectivity index (χ4v) is 7.65. The number of aromatic nitrogens is 3. The van der Waals surface area contributed by atoms with Gasteiger partial charge in [-0.2, -0.15) is 18.2 Å². The van der Waals surface area contributed by atoms with Crippen LogP contribution in [0.5, 0.6) is 17.6 Å². The van der Waals surface area contributed by atoms with Gasteiger partial charge in [-0.05, 0) is 61.4 Å². The molecule has 3 aliphatic rings. The molecule has 2 fully saturated rings. The van der Waals surface area contributed by atoms with E-state index in [1.807, 2.05) is 30.3 Å². The first-order valence-corrected chi connectivity index (χ1v) is 18.4. The standard InChI is InChI=1S/C39H42ClF3N6O5/c1-51-36-22(20-46-24-13-16-53-17-14-24)6-9-31(48-36)29-12-15-45-35(34(29)40)28-5-3-4-27-26(28)8-10-32(27)54-38-30(39(41,42)43)18-23(37(49-38)52-2)19-44-21-25-7-11-33(50)47-25/h3-6,9,12,15,18,24-25,32,44,46H,7-8,10-11,13-14,16-17,19-21H2,1-2H3,(H,47,50)/t25-,32-/m0/s1. The normalized spacial score (nSPS) is 18.7. The number of pyridine rings is 3. The molecule has 2 saturated heterocycles. The highest BCUT2D eigenvalue weighted by molar-refractivity contribution is 6.35. The number of nitrogens with one attached hydrogen (secondary N) is 3. The zero-order valence-electron chi connectivity index (χ0n) is 30.0. The average Bonchev–Trinajstić information content (AvgIpc) is 3.79. The largest absolute Gasteiger partial charge is 0.481 e. The molecule has 0 radical (unpaired) electrons. The lowest BCUT2D eigenvalue weighted by Gasteiger charge is -2.23. The number of ether oxygens (including phenoxy) is 4. The lowest BCUT2D eigenvalue weighted by Crippen LogP contribution is -2.35. The summed E-state index contributed by atoms with van der Waals surface area (Å²) in [5.41, 5.74) is 4.35. The minimum absolute atomic E-state index is 0.0228. The van der Waals surface area contributed by atoms with Crippen molar-refractivity contribution in [3.8, 4) is 40.2 Å². The Bertz CT molecular complexity index is 1990. The molecule has 1 amide bonds. The van der Waals surface area contributed by atoms with Crippen LogP contribution in [-0.2, 0) is 35.2 Å². The number of hydrogen-bond donors (Lipinski definition) is 3. The van der Waals surface area contributed by atoms with Crippen molar-refractivity contribution in [3.63, 3.8) is 0 Å². The van der Waals surface area contributed by atoms with Crippen LogP contribution >= 0.6 is 11.6 Å². The summed E-state index contributed by atoms with van der Waals surface area (Å²) in [6.07, 6.45) is 0.172. The van der Waals surface area contributed by atoms with E-state index in [0.717, 1.165) is 54.4 Å². The second kappa shape index (κ2) is 16.5. The van der Waals surface area contributed by atoms with E-state index in [1.54, 1.807) is 19.4 Å². The smallest absolute Gasteiger partial charge is 0.421 e. The number of halogens is 4. The van der Waals surface area contributed by atoms with Crippen LogP contribution in [0.4, 0.5) is 13.2 Å². The van der Waals surface area contributed by atoms with E-state index >= 15 is 0 Å². The van der Waals surface area contributed by atoms with Crippen molar-refractivity contribution in [2.24, 2.45) is 0 Å². The van der Waals surface area contributed by atoms with Gasteiger partial charge in [0.2, 0.25) is 23.5 Å². The Morgan fingerprint density at radius 2 is 1.72 bits per heavy atom. The van der Waals surface area contributed by atoms with Gasteiger partial charge in [0.15, 0.2) is 0 Å². The fraction of sp³-hybridized carbons (Fsp3) is 0.436. The molecule has 286 valence electrons. The molecule has 0 saturated carbocycles. The quantitative estimate of drug-likeness (QED) is 0.137. The van der Waals surface area contributed by atoms with Gasteiger partial charge >= 0.3 is 6.18 Å². The highest BCUT2D eigenvalue weighted by Crippen LogP contribution is 2.45. The van der Waals surface area contributed by atoms with Crippen LogP contribution in [0.3, 0.4) is 0 Å². The molecule has 54 heavy (non-hydrogen) atoms. The second-order valence-corrected chi connectivity index (χ2v) is 14.0.